The lowest BCUT2D eigenvalue weighted by Crippen LogP contribution is -2.02. The summed E-state index contributed by atoms with van der Waals surface area (Å²) in [5.74, 6) is 1.74. The Morgan fingerprint density at radius 1 is 0.913 bits per heavy atom. The van der Waals surface area contributed by atoms with Crippen LogP contribution in [0.4, 0.5) is 5.69 Å². The SMILES string of the molecule is Cc1cc(=S)c(C)c(CNc2ccc(-c3ccccc3)cc2)o1. The quantitative estimate of drug-likeness (QED) is 0.605. The summed E-state index contributed by atoms with van der Waals surface area (Å²) in [5, 5.41) is 3.39. The Morgan fingerprint density at radius 3 is 2.26 bits per heavy atom. The van der Waals surface area contributed by atoms with Crippen LogP contribution >= 0.6 is 12.2 Å². The number of benzene rings is 2. The fraction of sp³-hybridized carbons (Fsp3) is 0.150. The first kappa shape index (κ1) is 15.5. The molecule has 0 bridgehead atoms. The average molecular weight is 321 g/mol. The van der Waals surface area contributed by atoms with E-state index in [9.17, 15) is 0 Å². The molecule has 0 amide bonds. The first-order chi connectivity index (χ1) is 11.1. The van der Waals surface area contributed by atoms with Crippen LogP contribution in [0.1, 0.15) is 17.1 Å². The van der Waals surface area contributed by atoms with Crippen LogP contribution in [-0.4, -0.2) is 0 Å². The van der Waals surface area contributed by atoms with E-state index >= 15 is 0 Å². The third-order valence-electron chi connectivity index (χ3n) is 3.85. The van der Waals surface area contributed by atoms with Gasteiger partial charge in [-0.25, -0.2) is 0 Å². The summed E-state index contributed by atoms with van der Waals surface area (Å²) in [7, 11) is 0. The maximum absolute atomic E-state index is 5.77. The summed E-state index contributed by atoms with van der Waals surface area (Å²) in [6.45, 7) is 4.55. The zero-order chi connectivity index (χ0) is 16.2. The van der Waals surface area contributed by atoms with Crippen molar-refractivity contribution in [2.24, 2.45) is 0 Å². The summed E-state index contributed by atoms with van der Waals surface area (Å²) >= 11 is 5.34. The molecular weight excluding hydrogens is 302 g/mol. The van der Waals surface area contributed by atoms with Crippen molar-refractivity contribution in [3.05, 3.63) is 82.3 Å². The lowest BCUT2D eigenvalue weighted by atomic mass is 10.1. The molecule has 0 spiro atoms. The van der Waals surface area contributed by atoms with Gasteiger partial charge < -0.3 is 9.73 Å². The van der Waals surface area contributed by atoms with Crippen LogP contribution in [0.5, 0.6) is 0 Å². The smallest absolute Gasteiger partial charge is 0.127 e. The second-order valence-electron chi connectivity index (χ2n) is 5.57. The highest BCUT2D eigenvalue weighted by Crippen LogP contribution is 2.22. The van der Waals surface area contributed by atoms with E-state index in [1.54, 1.807) is 0 Å². The minimum Gasteiger partial charge on any atom is -0.464 e. The lowest BCUT2D eigenvalue weighted by molar-refractivity contribution is 0.466. The van der Waals surface area contributed by atoms with Gasteiger partial charge in [-0.2, -0.15) is 0 Å². The summed E-state index contributed by atoms with van der Waals surface area (Å²) < 4.78 is 6.63. The summed E-state index contributed by atoms with van der Waals surface area (Å²) in [6.07, 6.45) is 0. The molecule has 0 saturated carbocycles. The van der Waals surface area contributed by atoms with E-state index < -0.39 is 0 Å². The van der Waals surface area contributed by atoms with Gasteiger partial charge in [0.1, 0.15) is 11.5 Å². The second kappa shape index (κ2) is 6.80. The minimum absolute atomic E-state index is 0.627. The molecule has 3 aromatic rings. The molecule has 0 fully saturated rings. The fourth-order valence-corrected chi connectivity index (χ4v) is 2.77. The third-order valence-corrected chi connectivity index (χ3v) is 4.28. The maximum Gasteiger partial charge on any atom is 0.127 e. The zero-order valence-electron chi connectivity index (χ0n) is 13.3. The van der Waals surface area contributed by atoms with E-state index in [2.05, 4.69) is 53.8 Å². The number of rotatable bonds is 4. The van der Waals surface area contributed by atoms with Crippen LogP contribution in [0.3, 0.4) is 0 Å². The normalized spacial score (nSPS) is 10.5. The molecule has 0 aliphatic carbocycles. The Kier molecular flexibility index (Phi) is 4.58. The highest BCUT2D eigenvalue weighted by molar-refractivity contribution is 7.71. The third kappa shape index (κ3) is 3.69. The van der Waals surface area contributed by atoms with Crippen molar-refractivity contribution in [3.63, 3.8) is 0 Å². The van der Waals surface area contributed by atoms with E-state index in [0.29, 0.717) is 6.54 Å². The number of hydrogen-bond acceptors (Lipinski definition) is 3. The van der Waals surface area contributed by atoms with Gasteiger partial charge in [0, 0.05) is 15.8 Å². The standard InChI is InChI=1S/C20H19NOS/c1-14-12-20(23)15(2)19(22-14)13-21-18-10-8-17(9-11-18)16-6-4-3-5-7-16/h3-12,21H,13H2,1-2H3. The van der Waals surface area contributed by atoms with Crippen LogP contribution in [0.25, 0.3) is 11.1 Å². The first-order valence-electron chi connectivity index (χ1n) is 7.63. The van der Waals surface area contributed by atoms with E-state index in [0.717, 1.165) is 27.3 Å². The molecule has 1 aromatic heterocycles. The number of anilines is 1. The maximum atomic E-state index is 5.77. The fourth-order valence-electron chi connectivity index (χ4n) is 2.49. The van der Waals surface area contributed by atoms with Gasteiger partial charge >= 0.3 is 0 Å². The van der Waals surface area contributed by atoms with Crippen LogP contribution in [0.15, 0.2) is 65.1 Å². The van der Waals surface area contributed by atoms with E-state index in [4.69, 9.17) is 16.6 Å². The molecule has 2 nitrogen and oxygen atoms in total. The van der Waals surface area contributed by atoms with Gasteiger partial charge in [0.15, 0.2) is 0 Å². The average Bonchev–Trinajstić information content (AvgIpc) is 2.58. The molecular formula is C20H19NOS. The van der Waals surface area contributed by atoms with Gasteiger partial charge in [-0.15, -0.1) is 0 Å². The van der Waals surface area contributed by atoms with E-state index in [1.807, 2.05) is 26.0 Å². The Morgan fingerprint density at radius 2 is 1.57 bits per heavy atom. The predicted molar refractivity (Wildman–Crippen MR) is 98.2 cm³/mol. The second-order valence-corrected chi connectivity index (χ2v) is 6.01. The van der Waals surface area contributed by atoms with Crippen molar-refractivity contribution in [2.75, 3.05) is 5.32 Å². The van der Waals surface area contributed by atoms with Crippen molar-refractivity contribution < 1.29 is 4.42 Å². The Bertz CT molecular complexity index is 851. The van der Waals surface area contributed by atoms with Crippen LogP contribution in [0.2, 0.25) is 0 Å². The summed E-state index contributed by atoms with van der Waals surface area (Å²) in [4.78, 5) is 0. The largest absolute Gasteiger partial charge is 0.464 e. The molecule has 0 aliphatic rings. The molecule has 0 radical (unpaired) electrons. The molecule has 23 heavy (non-hydrogen) atoms. The number of aryl methyl sites for hydroxylation is 1. The highest BCUT2D eigenvalue weighted by Gasteiger charge is 2.04. The Hall–Kier alpha value is -2.39. The zero-order valence-corrected chi connectivity index (χ0v) is 14.1. The molecule has 116 valence electrons. The van der Waals surface area contributed by atoms with Crippen molar-refractivity contribution in [2.45, 2.75) is 20.4 Å². The molecule has 0 aliphatic heterocycles. The molecule has 2 aromatic carbocycles. The topological polar surface area (TPSA) is 25.2 Å². The van der Waals surface area contributed by atoms with Gasteiger partial charge in [0.05, 0.1) is 6.54 Å². The molecule has 0 atom stereocenters. The van der Waals surface area contributed by atoms with Crippen molar-refractivity contribution >= 4 is 17.9 Å². The predicted octanol–water partition coefficient (Wildman–Crippen LogP) is 5.91. The summed E-state index contributed by atoms with van der Waals surface area (Å²) in [6, 6.07) is 20.7. The van der Waals surface area contributed by atoms with Crippen LogP contribution in [-0.2, 0) is 6.54 Å². The van der Waals surface area contributed by atoms with E-state index in [-0.39, 0.29) is 0 Å². The minimum atomic E-state index is 0.627. The van der Waals surface area contributed by atoms with Gasteiger partial charge in [0.2, 0.25) is 0 Å². The molecule has 3 rings (SSSR count). The molecule has 1 N–H and O–H groups in total. The van der Waals surface area contributed by atoms with Gasteiger partial charge in [0.25, 0.3) is 0 Å². The number of nitrogens with one attached hydrogen (secondary N) is 1. The molecule has 0 unspecified atom stereocenters. The first-order valence-corrected chi connectivity index (χ1v) is 8.04. The number of hydrogen-bond donors (Lipinski definition) is 1. The summed E-state index contributed by atoms with van der Waals surface area (Å²) in [5.41, 5.74) is 4.52. The molecule has 0 saturated heterocycles. The van der Waals surface area contributed by atoms with Crippen LogP contribution in [0, 0.1) is 18.4 Å². The van der Waals surface area contributed by atoms with Gasteiger partial charge in [-0.3, -0.25) is 0 Å². The van der Waals surface area contributed by atoms with Gasteiger partial charge in [-0.05, 0) is 43.2 Å². The monoisotopic (exact) mass is 321 g/mol. The lowest BCUT2D eigenvalue weighted by Gasteiger charge is -2.10. The van der Waals surface area contributed by atoms with Crippen molar-refractivity contribution in [3.8, 4) is 11.1 Å². The Labute approximate surface area is 141 Å². The van der Waals surface area contributed by atoms with Crippen molar-refractivity contribution in [1.82, 2.24) is 0 Å². The van der Waals surface area contributed by atoms with Crippen LogP contribution < -0.4 is 5.32 Å². The Balaban J connectivity index is 1.74. The molecule has 1 heterocycles. The van der Waals surface area contributed by atoms with Gasteiger partial charge in [-0.1, -0.05) is 54.7 Å². The van der Waals surface area contributed by atoms with E-state index in [1.165, 1.54) is 11.1 Å². The molecule has 3 heteroatoms. The highest BCUT2D eigenvalue weighted by atomic mass is 32.1. The van der Waals surface area contributed by atoms with Crippen molar-refractivity contribution in [1.29, 1.82) is 0 Å².